The monoisotopic (exact) mass is 176 g/mol. The van der Waals surface area contributed by atoms with Gasteiger partial charge in [-0.1, -0.05) is 0 Å². The van der Waals surface area contributed by atoms with E-state index in [9.17, 15) is 17.6 Å². The van der Waals surface area contributed by atoms with Crippen LogP contribution in [-0.4, -0.2) is 37.3 Å². The second kappa shape index (κ2) is 3.36. The zero-order valence-corrected chi connectivity index (χ0v) is 5.78. The van der Waals surface area contributed by atoms with Crippen molar-refractivity contribution in [3.05, 3.63) is 0 Å². The summed E-state index contributed by atoms with van der Waals surface area (Å²) in [5, 5.41) is 7.87. The number of ether oxygens (including phenoxy) is 1. The van der Waals surface area contributed by atoms with Gasteiger partial charge in [0, 0.05) is 7.11 Å². The van der Waals surface area contributed by atoms with Crippen LogP contribution in [0.2, 0.25) is 0 Å². The lowest BCUT2D eigenvalue weighted by Crippen LogP contribution is -2.46. The van der Waals surface area contributed by atoms with Crippen LogP contribution in [0.4, 0.5) is 17.6 Å². The van der Waals surface area contributed by atoms with E-state index in [1.807, 2.05) is 0 Å². The Bertz CT molecular complexity index is 126. The average Bonchev–Trinajstić information content (AvgIpc) is 1.87. The van der Waals surface area contributed by atoms with Crippen molar-refractivity contribution in [1.29, 1.82) is 0 Å². The highest BCUT2D eigenvalue weighted by Crippen LogP contribution is 2.33. The summed E-state index contributed by atoms with van der Waals surface area (Å²) in [6.07, 6.45) is 0. The zero-order chi connectivity index (χ0) is 9.12. The van der Waals surface area contributed by atoms with Gasteiger partial charge >= 0.3 is 11.8 Å². The summed E-state index contributed by atoms with van der Waals surface area (Å²) in [5.74, 6) is -8.72. The number of halogens is 4. The van der Waals surface area contributed by atoms with Crippen LogP contribution in [-0.2, 0) is 4.74 Å². The van der Waals surface area contributed by atoms with Gasteiger partial charge in [-0.05, 0) is 0 Å². The molecule has 0 atom stereocenters. The van der Waals surface area contributed by atoms with Crippen LogP contribution >= 0.6 is 0 Å². The average molecular weight is 176 g/mol. The Labute approximate surface area is 60.8 Å². The highest BCUT2D eigenvalue weighted by atomic mass is 19.3. The van der Waals surface area contributed by atoms with E-state index < -0.39 is 25.1 Å². The number of methoxy groups -OCH3 is 1. The first-order valence-corrected chi connectivity index (χ1v) is 2.73. The van der Waals surface area contributed by atoms with Crippen molar-refractivity contribution in [3.8, 4) is 0 Å². The van der Waals surface area contributed by atoms with Crippen molar-refractivity contribution in [3.63, 3.8) is 0 Å². The van der Waals surface area contributed by atoms with E-state index in [0.29, 0.717) is 0 Å². The highest BCUT2D eigenvalue weighted by Gasteiger charge is 2.55. The van der Waals surface area contributed by atoms with Gasteiger partial charge in [-0.2, -0.15) is 17.6 Å². The molecular weight excluding hydrogens is 168 g/mol. The fraction of sp³-hybridized carbons (Fsp3) is 1.00. The van der Waals surface area contributed by atoms with Gasteiger partial charge in [-0.15, -0.1) is 0 Å². The number of hydrogen-bond donors (Lipinski definition) is 1. The minimum absolute atomic E-state index is 0.876. The van der Waals surface area contributed by atoms with E-state index >= 15 is 0 Å². The summed E-state index contributed by atoms with van der Waals surface area (Å²) < 4.78 is 52.3. The molecule has 11 heavy (non-hydrogen) atoms. The highest BCUT2D eigenvalue weighted by molar-refractivity contribution is 4.83. The van der Waals surface area contributed by atoms with Crippen LogP contribution in [0.3, 0.4) is 0 Å². The molecule has 0 aliphatic heterocycles. The molecule has 0 radical (unpaired) electrons. The van der Waals surface area contributed by atoms with Crippen molar-refractivity contribution in [2.24, 2.45) is 0 Å². The predicted molar refractivity (Wildman–Crippen MR) is 28.9 cm³/mol. The molecule has 0 aromatic carbocycles. The lowest BCUT2D eigenvalue weighted by atomic mass is 10.2. The summed E-state index contributed by atoms with van der Waals surface area (Å²) in [5.41, 5.74) is 0. The zero-order valence-electron chi connectivity index (χ0n) is 5.78. The van der Waals surface area contributed by atoms with Gasteiger partial charge in [0.25, 0.3) is 0 Å². The fourth-order valence-electron chi connectivity index (χ4n) is 0.403. The van der Waals surface area contributed by atoms with Crippen LogP contribution in [0.1, 0.15) is 0 Å². The normalized spacial score (nSPS) is 13.6. The van der Waals surface area contributed by atoms with Crippen molar-refractivity contribution in [2.45, 2.75) is 11.8 Å². The summed E-state index contributed by atoms with van der Waals surface area (Å²) >= 11 is 0. The van der Waals surface area contributed by atoms with Gasteiger partial charge in [-0.25, -0.2) is 0 Å². The lowest BCUT2D eigenvalue weighted by Gasteiger charge is -2.23. The SMILES string of the molecule is COCC(F)(F)C(F)(F)CO. The number of aliphatic hydroxyl groups excluding tert-OH is 1. The molecule has 2 nitrogen and oxygen atoms in total. The first-order chi connectivity index (χ1) is 4.87. The first-order valence-electron chi connectivity index (χ1n) is 2.73. The van der Waals surface area contributed by atoms with Crippen LogP contribution in [0, 0.1) is 0 Å². The molecule has 0 unspecified atom stereocenters. The third-order valence-electron chi connectivity index (χ3n) is 1.06. The molecule has 0 rings (SSSR count). The van der Waals surface area contributed by atoms with Crippen LogP contribution in [0.15, 0.2) is 0 Å². The molecule has 0 aromatic rings. The van der Waals surface area contributed by atoms with Gasteiger partial charge in [0.2, 0.25) is 0 Å². The van der Waals surface area contributed by atoms with Crippen LogP contribution in [0.25, 0.3) is 0 Å². The van der Waals surface area contributed by atoms with Crippen molar-refractivity contribution < 1.29 is 27.4 Å². The van der Waals surface area contributed by atoms with Gasteiger partial charge < -0.3 is 9.84 Å². The standard InChI is InChI=1S/C5H8F4O2/c1-11-3-5(8,9)4(6,7)2-10/h10H,2-3H2,1H3. The second-order valence-electron chi connectivity index (χ2n) is 2.00. The molecule has 0 spiro atoms. The second-order valence-corrected chi connectivity index (χ2v) is 2.00. The molecular formula is C5H8F4O2. The maximum atomic E-state index is 12.2. The summed E-state index contributed by atoms with van der Waals surface area (Å²) in [6, 6.07) is 0. The maximum absolute atomic E-state index is 12.2. The Morgan fingerprint density at radius 2 is 1.64 bits per heavy atom. The van der Waals surface area contributed by atoms with Gasteiger partial charge in [0.05, 0.1) is 0 Å². The Morgan fingerprint density at radius 3 is 1.91 bits per heavy atom. The van der Waals surface area contributed by atoms with Crippen molar-refractivity contribution in [2.75, 3.05) is 20.3 Å². The van der Waals surface area contributed by atoms with E-state index in [0.717, 1.165) is 7.11 Å². The fourth-order valence-corrected chi connectivity index (χ4v) is 0.403. The lowest BCUT2D eigenvalue weighted by molar-refractivity contribution is -0.242. The van der Waals surface area contributed by atoms with Crippen LogP contribution < -0.4 is 0 Å². The van der Waals surface area contributed by atoms with Crippen molar-refractivity contribution >= 4 is 0 Å². The Balaban J connectivity index is 4.26. The molecule has 1 N–H and O–H groups in total. The van der Waals surface area contributed by atoms with Gasteiger partial charge in [-0.3, -0.25) is 0 Å². The molecule has 6 heteroatoms. The molecule has 0 amide bonds. The quantitative estimate of drug-likeness (QED) is 0.644. The Kier molecular flexibility index (Phi) is 3.25. The summed E-state index contributed by atoms with van der Waals surface area (Å²) in [7, 11) is 0.876. The van der Waals surface area contributed by atoms with Gasteiger partial charge in [0.15, 0.2) is 0 Å². The Hall–Kier alpha value is -0.360. The summed E-state index contributed by atoms with van der Waals surface area (Å²) in [4.78, 5) is 0. The predicted octanol–water partition coefficient (Wildman–Crippen LogP) is 0.896. The molecule has 0 aliphatic carbocycles. The minimum atomic E-state index is -4.41. The third-order valence-corrected chi connectivity index (χ3v) is 1.06. The number of aliphatic hydroxyl groups is 1. The summed E-state index contributed by atoms with van der Waals surface area (Å²) in [6.45, 7) is -3.29. The molecule has 0 bridgehead atoms. The number of hydrogen-bond acceptors (Lipinski definition) is 2. The topological polar surface area (TPSA) is 29.5 Å². The minimum Gasteiger partial charge on any atom is -0.390 e. The molecule has 68 valence electrons. The molecule has 0 saturated carbocycles. The van der Waals surface area contributed by atoms with E-state index in [1.165, 1.54) is 0 Å². The number of alkyl halides is 4. The molecule has 0 saturated heterocycles. The molecule has 0 fully saturated rings. The third kappa shape index (κ3) is 2.30. The smallest absolute Gasteiger partial charge is 0.335 e. The van der Waals surface area contributed by atoms with E-state index in [2.05, 4.69) is 4.74 Å². The van der Waals surface area contributed by atoms with E-state index in [1.54, 1.807) is 0 Å². The van der Waals surface area contributed by atoms with E-state index in [-0.39, 0.29) is 0 Å². The number of rotatable bonds is 4. The molecule has 0 aliphatic rings. The molecule has 0 heterocycles. The first kappa shape index (κ1) is 10.6. The van der Waals surface area contributed by atoms with E-state index in [4.69, 9.17) is 5.11 Å². The Morgan fingerprint density at radius 1 is 1.18 bits per heavy atom. The largest absolute Gasteiger partial charge is 0.390 e. The van der Waals surface area contributed by atoms with Crippen molar-refractivity contribution in [1.82, 2.24) is 0 Å². The molecule has 0 aromatic heterocycles. The van der Waals surface area contributed by atoms with Gasteiger partial charge in [0.1, 0.15) is 13.2 Å². The van der Waals surface area contributed by atoms with Crippen LogP contribution in [0.5, 0.6) is 0 Å². The maximum Gasteiger partial charge on any atom is 0.335 e.